The maximum atomic E-state index is 12.6. The molecular formula is C27H37N3O3. The average Bonchev–Trinajstić information content (AvgIpc) is 2.86. The Morgan fingerprint density at radius 1 is 1.18 bits per heavy atom. The summed E-state index contributed by atoms with van der Waals surface area (Å²) in [6, 6.07) is 10.5. The highest BCUT2D eigenvalue weighted by molar-refractivity contribution is 5.81. The van der Waals surface area contributed by atoms with Crippen LogP contribution in [0.2, 0.25) is 0 Å². The van der Waals surface area contributed by atoms with Gasteiger partial charge in [0.15, 0.2) is 0 Å². The van der Waals surface area contributed by atoms with Gasteiger partial charge in [0.1, 0.15) is 5.75 Å². The molecule has 1 aromatic heterocycles. The van der Waals surface area contributed by atoms with Crippen LogP contribution in [0.25, 0.3) is 11.1 Å². The number of carbonyl (C=O) groups excluding carboxylic acids is 1. The van der Waals surface area contributed by atoms with Crippen molar-refractivity contribution < 1.29 is 14.3 Å². The zero-order valence-electron chi connectivity index (χ0n) is 20.0. The molecule has 0 radical (unpaired) electrons. The van der Waals surface area contributed by atoms with E-state index in [-0.39, 0.29) is 11.9 Å². The number of hydrogen-bond donors (Lipinski definition) is 1. The highest BCUT2D eigenvalue weighted by Crippen LogP contribution is 2.34. The number of nitrogens with one attached hydrogen (secondary N) is 1. The number of morpholine rings is 1. The first-order chi connectivity index (χ1) is 16.1. The van der Waals surface area contributed by atoms with Crippen molar-refractivity contribution in [3.8, 4) is 16.9 Å². The second-order valence-corrected chi connectivity index (χ2v) is 9.18. The van der Waals surface area contributed by atoms with Crippen LogP contribution < -0.4 is 15.0 Å². The normalized spacial score (nSPS) is 18.1. The lowest BCUT2D eigenvalue weighted by molar-refractivity contribution is -0.121. The summed E-state index contributed by atoms with van der Waals surface area (Å²) >= 11 is 0. The number of rotatable bonds is 8. The number of amides is 1. The molecule has 2 fully saturated rings. The van der Waals surface area contributed by atoms with Crippen molar-refractivity contribution in [3.05, 3.63) is 42.2 Å². The molecule has 0 spiro atoms. The fourth-order valence-corrected chi connectivity index (χ4v) is 4.99. The van der Waals surface area contributed by atoms with Crippen LogP contribution in [0.5, 0.6) is 5.75 Å². The molecule has 6 heteroatoms. The van der Waals surface area contributed by atoms with E-state index in [1.807, 2.05) is 25.3 Å². The van der Waals surface area contributed by atoms with Gasteiger partial charge in [-0.25, -0.2) is 0 Å². The number of carbonyl (C=O) groups is 1. The summed E-state index contributed by atoms with van der Waals surface area (Å²) in [6.07, 6.45) is 8.54. The number of anilines is 1. The Kier molecular flexibility index (Phi) is 8.21. The molecule has 178 valence electrons. The van der Waals surface area contributed by atoms with Gasteiger partial charge in [-0.05, 0) is 50.8 Å². The van der Waals surface area contributed by atoms with Crippen molar-refractivity contribution in [2.45, 2.75) is 58.4 Å². The van der Waals surface area contributed by atoms with Gasteiger partial charge in [0.2, 0.25) is 5.91 Å². The van der Waals surface area contributed by atoms with Gasteiger partial charge < -0.3 is 19.7 Å². The molecule has 1 N–H and O–H groups in total. The Hall–Kier alpha value is -2.60. The summed E-state index contributed by atoms with van der Waals surface area (Å²) < 4.78 is 11.3. The molecule has 2 heterocycles. The molecule has 2 aromatic rings. The lowest BCUT2D eigenvalue weighted by Crippen LogP contribution is -2.39. The molecule has 1 aliphatic heterocycles. The Morgan fingerprint density at radius 3 is 2.67 bits per heavy atom. The average molecular weight is 452 g/mol. The molecule has 1 atom stereocenters. The van der Waals surface area contributed by atoms with Crippen molar-refractivity contribution >= 4 is 11.6 Å². The number of aromatic nitrogens is 1. The van der Waals surface area contributed by atoms with Crippen LogP contribution in [-0.4, -0.2) is 49.8 Å². The number of pyridine rings is 1. The van der Waals surface area contributed by atoms with Crippen LogP contribution in [0.4, 0.5) is 5.69 Å². The standard InChI is InChI=1S/C27H37N3O3/c1-3-33-24-11-12-25(26(18-24)30-13-15-32-16-14-30)22-9-10-23(28-19-22)17-27(31)29-20(2)21-7-5-4-6-8-21/h9-12,18-21H,3-8,13-17H2,1-2H3,(H,29,31)/t20-/m0/s1. The summed E-state index contributed by atoms with van der Waals surface area (Å²) in [7, 11) is 0. The number of hydrogen-bond acceptors (Lipinski definition) is 5. The third-order valence-electron chi connectivity index (χ3n) is 6.85. The summed E-state index contributed by atoms with van der Waals surface area (Å²) in [5.41, 5.74) is 4.10. The highest BCUT2D eigenvalue weighted by atomic mass is 16.5. The fourth-order valence-electron chi connectivity index (χ4n) is 4.99. The largest absolute Gasteiger partial charge is 0.494 e. The van der Waals surface area contributed by atoms with E-state index in [1.54, 1.807) is 0 Å². The molecule has 1 aromatic carbocycles. The van der Waals surface area contributed by atoms with E-state index >= 15 is 0 Å². The first-order valence-corrected chi connectivity index (χ1v) is 12.5. The molecule has 1 saturated heterocycles. The van der Waals surface area contributed by atoms with Gasteiger partial charge in [-0.3, -0.25) is 9.78 Å². The smallest absolute Gasteiger partial charge is 0.226 e. The van der Waals surface area contributed by atoms with E-state index in [2.05, 4.69) is 40.3 Å². The fraction of sp³-hybridized carbons (Fsp3) is 0.556. The summed E-state index contributed by atoms with van der Waals surface area (Å²) in [5.74, 6) is 1.54. The van der Waals surface area contributed by atoms with Gasteiger partial charge in [-0.15, -0.1) is 0 Å². The molecule has 0 unspecified atom stereocenters. The Balaban J connectivity index is 1.44. The lowest BCUT2D eigenvalue weighted by atomic mass is 9.84. The van der Waals surface area contributed by atoms with E-state index < -0.39 is 0 Å². The molecular weight excluding hydrogens is 414 g/mol. The quantitative estimate of drug-likeness (QED) is 0.635. The van der Waals surface area contributed by atoms with E-state index in [0.717, 1.165) is 54.6 Å². The van der Waals surface area contributed by atoms with Crippen LogP contribution in [0.1, 0.15) is 51.6 Å². The van der Waals surface area contributed by atoms with E-state index in [4.69, 9.17) is 9.47 Å². The molecule has 1 aliphatic carbocycles. The maximum absolute atomic E-state index is 12.6. The predicted octanol–water partition coefficient (Wildman–Crippen LogP) is 4.61. The zero-order valence-corrected chi connectivity index (χ0v) is 20.0. The van der Waals surface area contributed by atoms with Gasteiger partial charge in [0.25, 0.3) is 0 Å². The molecule has 4 rings (SSSR count). The second-order valence-electron chi connectivity index (χ2n) is 9.18. The minimum Gasteiger partial charge on any atom is -0.494 e. The Labute approximate surface area is 197 Å². The van der Waals surface area contributed by atoms with E-state index in [9.17, 15) is 4.79 Å². The SMILES string of the molecule is CCOc1ccc(-c2ccc(CC(=O)N[C@@H](C)C3CCCCC3)nc2)c(N2CCOCC2)c1. The van der Waals surface area contributed by atoms with Crippen LogP contribution in [0.3, 0.4) is 0 Å². The third kappa shape index (κ3) is 6.26. The van der Waals surface area contributed by atoms with E-state index in [0.29, 0.717) is 18.9 Å². The van der Waals surface area contributed by atoms with Crippen LogP contribution in [0, 0.1) is 5.92 Å². The number of nitrogens with zero attached hydrogens (tertiary/aromatic N) is 2. The molecule has 2 aliphatic rings. The van der Waals surface area contributed by atoms with Crippen molar-refractivity contribution in [1.29, 1.82) is 0 Å². The summed E-state index contributed by atoms with van der Waals surface area (Å²) in [4.78, 5) is 19.6. The molecule has 0 bridgehead atoms. The van der Waals surface area contributed by atoms with Gasteiger partial charge in [0, 0.05) is 53.9 Å². The first-order valence-electron chi connectivity index (χ1n) is 12.5. The monoisotopic (exact) mass is 451 g/mol. The van der Waals surface area contributed by atoms with Crippen molar-refractivity contribution in [3.63, 3.8) is 0 Å². The van der Waals surface area contributed by atoms with Gasteiger partial charge in [0.05, 0.1) is 26.2 Å². The third-order valence-corrected chi connectivity index (χ3v) is 6.85. The Morgan fingerprint density at radius 2 is 1.97 bits per heavy atom. The molecule has 1 saturated carbocycles. The highest BCUT2D eigenvalue weighted by Gasteiger charge is 2.22. The van der Waals surface area contributed by atoms with Crippen molar-refractivity contribution in [2.75, 3.05) is 37.8 Å². The number of benzene rings is 1. The predicted molar refractivity (Wildman–Crippen MR) is 132 cm³/mol. The first kappa shape index (κ1) is 23.6. The van der Waals surface area contributed by atoms with Crippen LogP contribution in [0.15, 0.2) is 36.5 Å². The molecule has 6 nitrogen and oxygen atoms in total. The summed E-state index contributed by atoms with van der Waals surface area (Å²) in [6.45, 7) is 7.94. The van der Waals surface area contributed by atoms with Crippen LogP contribution in [-0.2, 0) is 16.0 Å². The lowest BCUT2D eigenvalue weighted by Gasteiger charge is -2.31. The van der Waals surface area contributed by atoms with Gasteiger partial charge in [-0.2, -0.15) is 0 Å². The molecule has 1 amide bonds. The maximum Gasteiger partial charge on any atom is 0.226 e. The van der Waals surface area contributed by atoms with Gasteiger partial charge >= 0.3 is 0 Å². The Bertz CT molecular complexity index is 903. The minimum atomic E-state index is 0.0587. The zero-order chi connectivity index (χ0) is 23.0. The molecule has 33 heavy (non-hydrogen) atoms. The van der Waals surface area contributed by atoms with Crippen molar-refractivity contribution in [1.82, 2.24) is 10.3 Å². The van der Waals surface area contributed by atoms with Crippen LogP contribution >= 0.6 is 0 Å². The topological polar surface area (TPSA) is 63.7 Å². The van der Waals surface area contributed by atoms with Crippen molar-refractivity contribution in [2.24, 2.45) is 5.92 Å². The van der Waals surface area contributed by atoms with Gasteiger partial charge in [-0.1, -0.05) is 25.3 Å². The summed E-state index contributed by atoms with van der Waals surface area (Å²) in [5, 5.41) is 3.20. The van der Waals surface area contributed by atoms with E-state index in [1.165, 1.54) is 32.1 Å². The number of ether oxygens (including phenoxy) is 2. The second kappa shape index (κ2) is 11.5. The minimum absolute atomic E-state index is 0.0587.